The van der Waals surface area contributed by atoms with Gasteiger partial charge < -0.3 is 10.2 Å². The molecule has 0 saturated carbocycles. The number of nitrogens with zero attached hydrogens (tertiary/aromatic N) is 2. The van der Waals surface area contributed by atoms with E-state index in [1.54, 1.807) is 0 Å². The van der Waals surface area contributed by atoms with Crippen molar-refractivity contribution in [3.8, 4) is 0 Å². The lowest BCUT2D eigenvalue weighted by molar-refractivity contribution is 0.447. The van der Waals surface area contributed by atoms with E-state index in [1.165, 1.54) is 16.8 Å². The van der Waals surface area contributed by atoms with E-state index < -0.39 is 0 Å². The number of pyridine rings is 1. The van der Waals surface area contributed by atoms with Crippen molar-refractivity contribution in [3.05, 3.63) is 53.7 Å². The van der Waals surface area contributed by atoms with Gasteiger partial charge in [0.15, 0.2) is 0 Å². The predicted octanol–water partition coefficient (Wildman–Crippen LogP) is 4.69. The predicted molar refractivity (Wildman–Crippen MR) is 99.8 cm³/mol. The second-order valence-corrected chi connectivity index (χ2v) is 6.11. The van der Waals surface area contributed by atoms with Gasteiger partial charge in [-0.05, 0) is 35.2 Å². The Balaban J connectivity index is 0.000000924. The fraction of sp³-hybridized carbons (Fsp3) is 0.450. The minimum Gasteiger partial charge on any atom is -0.329 e. The van der Waals surface area contributed by atoms with Crippen LogP contribution in [-0.4, -0.2) is 25.1 Å². The standard InChI is InChI=1S/C18H23N3.C2H6/c1-13(2)14-4-7-17(8-5-14)21(3)18-9-6-15(12-20-18)16-10-19-11-16;1-2/h4-9,12-13,16,19H,10-11H2,1-3H3;1-2H3. The topological polar surface area (TPSA) is 28.2 Å². The Morgan fingerprint density at radius 1 is 1.04 bits per heavy atom. The summed E-state index contributed by atoms with van der Waals surface area (Å²) in [5, 5.41) is 3.30. The van der Waals surface area contributed by atoms with E-state index in [0.717, 1.165) is 18.9 Å². The molecule has 0 radical (unpaired) electrons. The molecular formula is C20H29N3. The monoisotopic (exact) mass is 311 g/mol. The lowest BCUT2D eigenvalue weighted by Gasteiger charge is -2.27. The highest BCUT2D eigenvalue weighted by atomic mass is 15.2. The molecule has 1 saturated heterocycles. The molecule has 3 nitrogen and oxygen atoms in total. The minimum absolute atomic E-state index is 0.567. The highest BCUT2D eigenvalue weighted by Gasteiger charge is 2.19. The minimum atomic E-state index is 0.567. The van der Waals surface area contributed by atoms with Crippen molar-refractivity contribution in [1.82, 2.24) is 10.3 Å². The van der Waals surface area contributed by atoms with Gasteiger partial charge in [-0.3, -0.25) is 0 Å². The van der Waals surface area contributed by atoms with E-state index in [0.29, 0.717) is 11.8 Å². The maximum Gasteiger partial charge on any atom is 0.132 e. The van der Waals surface area contributed by atoms with Crippen molar-refractivity contribution in [3.63, 3.8) is 0 Å². The summed E-state index contributed by atoms with van der Waals surface area (Å²) in [6, 6.07) is 13.0. The third kappa shape index (κ3) is 4.11. The van der Waals surface area contributed by atoms with E-state index in [9.17, 15) is 0 Å². The Morgan fingerprint density at radius 2 is 1.70 bits per heavy atom. The molecule has 3 rings (SSSR count). The van der Waals surface area contributed by atoms with Crippen LogP contribution in [0.15, 0.2) is 42.6 Å². The maximum absolute atomic E-state index is 4.61. The Bertz CT molecular complexity index is 583. The van der Waals surface area contributed by atoms with Gasteiger partial charge in [-0.25, -0.2) is 4.98 Å². The molecule has 23 heavy (non-hydrogen) atoms. The van der Waals surface area contributed by atoms with Gasteiger partial charge in [0.25, 0.3) is 0 Å². The molecule has 1 fully saturated rings. The molecule has 0 bridgehead atoms. The van der Waals surface area contributed by atoms with E-state index in [2.05, 4.69) is 72.5 Å². The van der Waals surface area contributed by atoms with Crippen LogP contribution in [0.1, 0.15) is 50.7 Å². The van der Waals surface area contributed by atoms with Crippen LogP contribution in [0.5, 0.6) is 0 Å². The summed E-state index contributed by atoms with van der Waals surface area (Å²) in [5.41, 5.74) is 3.87. The molecule has 2 heterocycles. The summed E-state index contributed by atoms with van der Waals surface area (Å²) >= 11 is 0. The third-order valence-electron chi connectivity index (χ3n) is 4.31. The summed E-state index contributed by atoms with van der Waals surface area (Å²) in [6.07, 6.45) is 2.01. The first-order valence-corrected chi connectivity index (χ1v) is 8.65. The summed E-state index contributed by atoms with van der Waals surface area (Å²) in [6.45, 7) is 10.6. The van der Waals surface area contributed by atoms with Crippen molar-refractivity contribution in [2.45, 2.75) is 39.5 Å². The first kappa shape index (κ1) is 17.5. The fourth-order valence-corrected chi connectivity index (χ4v) is 2.58. The summed E-state index contributed by atoms with van der Waals surface area (Å²) in [4.78, 5) is 6.75. The number of anilines is 2. The first-order valence-electron chi connectivity index (χ1n) is 8.65. The van der Waals surface area contributed by atoms with Gasteiger partial charge in [0.2, 0.25) is 0 Å². The molecule has 124 valence electrons. The number of benzene rings is 1. The Hall–Kier alpha value is -1.87. The van der Waals surface area contributed by atoms with Gasteiger partial charge >= 0.3 is 0 Å². The number of rotatable bonds is 4. The maximum atomic E-state index is 4.61. The van der Waals surface area contributed by atoms with Gasteiger partial charge in [0, 0.05) is 37.9 Å². The normalized spacial score (nSPS) is 14.0. The first-order chi connectivity index (χ1) is 11.1. The largest absolute Gasteiger partial charge is 0.329 e. The van der Waals surface area contributed by atoms with Crippen LogP contribution in [0, 0.1) is 0 Å². The van der Waals surface area contributed by atoms with Crippen LogP contribution in [-0.2, 0) is 0 Å². The Morgan fingerprint density at radius 3 is 2.13 bits per heavy atom. The molecule has 0 spiro atoms. The molecule has 1 aliphatic rings. The van der Waals surface area contributed by atoms with E-state index in [-0.39, 0.29) is 0 Å². The van der Waals surface area contributed by atoms with Crippen molar-refractivity contribution in [1.29, 1.82) is 0 Å². The van der Waals surface area contributed by atoms with Gasteiger partial charge in [-0.15, -0.1) is 0 Å². The van der Waals surface area contributed by atoms with Crippen molar-refractivity contribution in [2.75, 3.05) is 25.0 Å². The summed E-state index contributed by atoms with van der Waals surface area (Å²) in [7, 11) is 2.07. The molecule has 0 unspecified atom stereocenters. The molecule has 3 heteroatoms. The molecular weight excluding hydrogens is 282 g/mol. The van der Waals surface area contributed by atoms with Gasteiger partial charge in [0.05, 0.1) is 0 Å². The second kappa shape index (κ2) is 8.11. The summed E-state index contributed by atoms with van der Waals surface area (Å²) in [5.74, 6) is 2.20. The van der Waals surface area contributed by atoms with Crippen LogP contribution < -0.4 is 10.2 Å². The SMILES string of the molecule is CC.CC(C)c1ccc(N(C)c2ccc(C3CNC3)cn2)cc1. The van der Waals surface area contributed by atoms with Gasteiger partial charge in [-0.2, -0.15) is 0 Å². The molecule has 0 atom stereocenters. The molecule has 1 aliphatic heterocycles. The number of nitrogens with one attached hydrogen (secondary N) is 1. The quantitative estimate of drug-likeness (QED) is 0.888. The van der Waals surface area contributed by atoms with Crippen LogP contribution in [0.25, 0.3) is 0 Å². The third-order valence-corrected chi connectivity index (χ3v) is 4.31. The number of hydrogen-bond acceptors (Lipinski definition) is 3. The Labute approximate surface area is 140 Å². The molecule has 0 amide bonds. The zero-order valence-corrected chi connectivity index (χ0v) is 15.0. The van der Waals surface area contributed by atoms with Crippen LogP contribution in [0.4, 0.5) is 11.5 Å². The Kier molecular flexibility index (Phi) is 6.17. The molecule has 2 aromatic rings. The molecule has 0 aliphatic carbocycles. The molecule has 1 N–H and O–H groups in total. The van der Waals surface area contributed by atoms with Crippen LogP contribution >= 0.6 is 0 Å². The highest BCUT2D eigenvalue weighted by Crippen LogP contribution is 2.26. The average molecular weight is 311 g/mol. The fourth-order valence-electron chi connectivity index (χ4n) is 2.58. The number of aromatic nitrogens is 1. The van der Waals surface area contributed by atoms with Crippen LogP contribution in [0.2, 0.25) is 0 Å². The zero-order chi connectivity index (χ0) is 16.8. The average Bonchev–Trinajstić information content (AvgIpc) is 2.55. The van der Waals surface area contributed by atoms with Crippen molar-refractivity contribution < 1.29 is 0 Å². The molecule has 1 aromatic carbocycles. The zero-order valence-electron chi connectivity index (χ0n) is 15.0. The lowest BCUT2D eigenvalue weighted by Crippen LogP contribution is -2.39. The highest BCUT2D eigenvalue weighted by molar-refractivity contribution is 5.59. The van der Waals surface area contributed by atoms with E-state index in [1.807, 2.05) is 20.0 Å². The van der Waals surface area contributed by atoms with Crippen molar-refractivity contribution >= 4 is 11.5 Å². The van der Waals surface area contributed by atoms with E-state index >= 15 is 0 Å². The summed E-state index contributed by atoms with van der Waals surface area (Å²) < 4.78 is 0. The van der Waals surface area contributed by atoms with Gasteiger partial charge in [-0.1, -0.05) is 45.9 Å². The van der Waals surface area contributed by atoms with E-state index in [4.69, 9.17) is 0 Å². The van der Waals surface area contributed by atoms with Crippen molar-refractivity contribution in [2.24, 2.45) is 0 Å². The molecule has 1 aromatic heterocycles. The number of hydrogen-bond donors (Lipinski definition) is 1. The smallest absolute Gasteiger partial charge is 0.132 e. The van der Waals surface area contributed by atoms with Gasteiger partial charge in [0.1, 0.15) is 5.82 Å². The second-order valence-electron chi connectivity index (χ2n) is 6.11. The lowest BCUT2D eigenvalue weighted by atomic mass is 9.95. The van der Waals surface area contributed by atoms with Crippen LogP contribution in [0.3, 0.4) is 0 Å².